The Bertz CT molecular complexity index is 751. The molecular formula is C17H23N5O3. The Morgan fingerprint density at radius 1 is 1.40 bits per heavy atom. The van der Waals surface area contributed by atoms with Crippen molar-refractivity contribution in [3.8, 4) is 0 Å². The Balaban J connectivity index is 1.36. The van der Waals surface area contributed by atoms with Crippen LogP contribution in [0.25, 0.3) is 0 Å². The fraction of sp³-hybridized carbons (Fsp3) is 0.647. The monoisotopic (exact) mass is 345 g/mol. The molecular weight excluding hydrogens is 322 g/mol. The topological polar surface area (TPSA) is 88.5 Å². The van der Waals surface area contributed by atoms with E-state index in [1.54, 1.807) is 13.1 Å². The third-order valence-electron chi connectivity index (χ3n) is 4.84. The number of amides is 1. The van der Waals surface area contributed by atoms with E-state index in [2.05, 4.69) is 20.0 Å². The van der Waals surface area contributed by atoms with Gasteiger partial charge in [0.2, 0.25) is 17.7 Å². The molecule has 0 aromatic carbocycles. The van der Waals surface area contributed by atoms with Gasteiger partial charge in [0, 0.05) is 32.0 Å². The fourth-order valence-corrected chi connectivity index (χ4v) is 3.36. The molecule has 134 valence electrons. The van der Waals surface area contributed by atoms with Gasteiger partial charge in [0.15, 0.2) is 5.82 Å². The number of hydrogen-bond donors (Lipinski definition) is 0. The number of hydrogen-bond acceptors (Lipinski definition) is 7. The highest BCUT2D eigenvalue weighted by Crippen LogP contribution is 2.38. The third-order valence-corrected chi connectivity index (χ3v) is 4.84. The van der Waals surface area contributed by atoms with Crippen molar-refractivity contribution in [2.45, 2.75) is 58.2 Å². The summed E-state index contributed by atoms with van der Waals surface area (Å²) < 4.78 is 10.8. The zero-order chi connectivity index (χ0) is 17.4. The van der Waals surface area contributed by atoms with E-state index in [0.717, 1.165) is 49.8 Å². The van der Waals surface area contributed by atoms with Gasteiger partial charge in [-0.25, -0.2) is 4.98 Å². The smallest absolute Gasteiger partial charge is 0.229 e. The van der Waals surface area contributed by atoms with E-state index in [0.29, 0.717) is 24.9 Å². The zero-order valence-electron chi connectivity index (χ0n) is 14.6. The van der Waals surface area contributed by atoms with Crippen molar-refractivity contribution in [2.75, 3.05) is 13.1 Å². The Kier molecular flexibility index (Phi) is 4.29. The van der Waals surface area contributed by atoms with Crippen LogP contribution in [0.5, 0.6) is 0 Å². The quantitative estimate of drug-likeness (QED) is 0.789. The lowest BCUT2D eigenvalue weighted by molar-refractivity contribution is -0.132. The summed E-state index contributed by atoms with van der Waals surface area (Å²) in [6.45, 7) is 6.23. The van der Waals surface area contributed by atoms with Gasteiger partial charge in [-0.2, -0.15) is 4.98 Å². The van der Waals surface area contributed by atoms with Gasteiger partial charge in [-0.3, -0.25) is 9.69 Å². The molecule has 1 atom stereocenters. The summed E-state index contributed by atoms with van der Waals surface area (Å²) >= 11 is 0. The summed E-state index contributed by atoms with van der Waals surface area (Å²) in [5.74, 6) is 3.37. The molecule has 1 saturated carbocycles. The van der Waals surface area contributed by atoms with E-state index in [1.165, 1.54) is 0 Å². The lowest BCUT2D eigenvalue weighted by atomic mass is 10.2. The van der Waals surface area contributed by atoms with Crippen molar-refractivity contribution in [1.29, 1.82) is 0 Å². The zero-order valence-corrected chi connectivity index (χ0v) is 14.6. The number of aromatic nitrogens is 3. The van der Waals surface area contributed by atoms with Gasteiger partial charge >= 0.3 is 0 Å². The molecule has 8 nitrogen and oxygen atoms in total. The highest BCUT2D eigenvalue weighted by Gasteiger charge is 2.32. The molecule has 0 radical (unpaired) electrons. The van der Waals surface area contributed by atoms with Crippen LogP contribution in [0.15, 0.2) is 15.1 Å². The average molecular weight is 345 g/mol. The molecule has 0 unspecified atom stereocenters. The molecule has 2 aromatic rings. The molecule has 2 aliphatic rings. The van der Waals surface area contributed by atoms with Gasteiger partial charge in [0.1, 0.15) is 5.76 Å². The van der Waals surface area contributed by atoms with E-state index in [-0.39, 0.29) is 11.9 Å². The molecule has 4 rings (SSSR count). The van der Waals surface area contributed by atoms with Crippen molar-refractivity contribution in [3.63, 3.8) is 0 Å². The van der Waals surface area contributed by atoms with Gasteiger partial charge in [0.25, 0.3) is 0 Å². The first-order valence-electron chi connectivity index (χ1n) is 8.82. The van der Waals surface area contributed by atoms with Crippen molar-refractivity contribution in [3.05, 3.63) is 29.6 Å². The summed E-state index contributed by atoms with van der Waals surface area (Å²) in [4.78, 5) is 24.9. The molecule has 2 fully saturated rings. The highest BCUT2D eigenvalue weighted by atomic mass is 16.5. The first-order chi connectivity index (χ1) is 12.1. The molecule has 0 N–H and O–H groups in total. The Hall–Kier alpha value is -2.22. The highest BCUT2D eigenvalue weighted by molar-refractivity contribution is 5.73. The van der Waals surface area contributed by atoms with E-state index >= 15 is 0 Å². The minimum Gasteiger partial charge on any atom is -0.444 e. The SMILES string of the molecule is CC(=O)N(Cc1ncc(C)o1)[C@@H]1CCN(Cc2noc(C3CC3)n2)C1. The number of likely N-dealkylation sites (tertiary alicyclic amines) is 1. The van der Waals surface area contributed by atoms with Crippen molar-refractivity contribution >= 4 is 5.91 Å². The summed E-state index contributed by atoms with van der Waals surface area (Å²) in [5.41, 5.74) is 0. The largest absolute Gasteiger partial charge is 0.444 e. The molecule has 2 aromatic heterocycles. The predicted molar refractivity (Wildman–Crippen MR) is 87.4 cm³/mol. The van der Waals surface area contributed by atoms with Crippen molar-refractivity contribution in [1.82, 2.24) is 24.9 Å². The molecule has 25 heavy (non-hydrogen) atoms. The number of oxazole rings is 1. The second kappa shape index (κ2) is 6.59. The van der Waals surface area contributed by atoms with Crippen molar-refractivity contribution in [2.24, 2.45) is 0 Å². The van der Waals surface area contributed by atoms with E-state index in [4.69, 9.17) is 8.94 Å². The van der Waals surface area contributed by atoms with E-state index < -0.39 is 0 Å². The number of carbonyl (C=O) groups is 1. The van der Waals surface area contributed by atoms with Crippen LogP contribution in [-0.4, -0.2) is 50.0 Å². The van der Waals surface area contributed by atoms with Crippen LogP contribution in [0.2, 0.25) is 0 Å². The number of nitrogens with zero attached hydrogens (tertiary/aromatic N) is 5. The van der Waals surface area contributed by atoms with Crippen LogP contribution < -0.4 is 0 Å². The van der Waals surface area contributed by atoms with Crippen LogP contribution in [0.1, 0.15) is 55.5 Å². The Morgan fingerprint density at radius 2 is 2.24 bits per heavy atom. The summed E-state index contributed by atoms with van der Waals surface area (Å²) in [5, 5.41) is 4.08. The number of aryl methyl sites for hydroxylation is 1. The minimum absolute atomic E-state index is 0.0401. The lowest BCUT2D eigenvalue weighted by Gasteiger charge is -2.26. The summed E-state index contributed by atoms with van der Waals surface area (Å²) in [6.07, 6.45) is 4.91. The van der Waals surface area contributed by atoms with Gasteiger partial charge in [-0.1, -0.05) is 5.16 Å². The molecule has 1 aliphatic heterocycles. The second-order valence-electron chi connectivity index (χ2n) is 7.01. The normalized spacial score (nSPS) is 21.0. The maximum absolute atomic E-state index is 12.1. The molecule has 1 saturated heterocycles. The number of carbonyl (C=O) groups excluding carboxylic acids is 1. The maximum Gasteiger partial charge on any atom is 0.229 e. The standard InChI is InChI=1S/C17H23N5O3/c1-11-7-18-16(24-11)10-22(12(2)23)14-5-6-21(8-14)9-15-19-17(25-20-15)13-3-4-13/h7,13-14H,3-6,8-10H2,1-2H3/t14-/m1/s1. The lowest BCUT2D eigenvalue weighted by Crippen LogP contribution is -2.40. The molecule has 0 bridgehead atoms. The number of rotatable bonds is 6. The average Bonchev–Trinajstić information content (AvgIpc) is 2.95. The van der Waals surface area contributed by atoms with Crippen LogP contribution in [0.4, 0.5) is 0 Å². The summed E-state index contributed by atoms with van der Waals surface area (Å²) in [6, 6.07) is 0.152. The molecule has 1 aliphatic carbocycles. The Labute approximate surface area is 146 Å². The maximum atomic E-state index is 12.1. The first-order valence-corrected chi connectivity index (χ1v) is 8.82. The van der Waals surface area contributed by atoms with Gasteiger partial charge < -0.3 is 13.8 Å². The van der Waals surface area contributed by atoms with Crippen LogP contribution in [-0.2, 0) is 17.9 Å². The fourth-order valence-electron chi connectivity index (χ4n) is 3.36. The minimum atomic E-state index is 0.0401. The Morgan fingerprint density at radius 3 is 2.92 bits per heavy atom. The molecule has 8 heteroatoms. The third kappa shape index (κ3) is 3.73. The van der Waals surface area contributed by atoms with Crippen LogP contribution in [0, 0.1) is 6.92 Å². The van der Waals surface area contributed by atoms with Gasteiger partial charge in [0.05, 0.1) is 19.3 Å². The predicted octanol–water partition coefficient (Wildman–Crippen LogP) is 1.87. The molecule has 1 amide bonds. The van der Waals surface area contributed by atoms with Gasteiger partial charge in [-0.15, -0.1) is 0 Å². The van der Waals surface area contributed by atoms with Crippen molar-refractivity contribution < 1.29 is 13.7 Å². The molecule has 0 spiro atoms. The van der Waals surface area contributed by atoms with Crippen LogP contribution >= 0.6 is 0 Å². The summed E-state index contributed by atoms with van der Waals surface area (Å²) in [7, 11) is 0. The molecule has 3 heterocycles. The van der Waals surface area contributed by atoms with Gasteiger partial charge in [-0.05, 0) is 26.2 Å². The second-order valence-corrected chi connectivity index (χ2v) is 7.01. The van der Waals surface area contributed by atoms with E-state index in [9.17, 15) is 4.79 Å². The van der Waals surface area contributed by atoms with Crippen LogP contribution in [0.3, 0.4) is 0 Å². The van der Waals surface area contributed by atoms with E-state index in [1.807, 2.05) is 11.8 Å². The first kappa shape index (κ1) is 16.3.